The predicted molar refractivity (Wildman–Crippen MR) is 70.3 cm³/mol. The lowest BCUT2D eigenvalue weighted by Crippen LogP contribution is -2.24. The number of rotatable bonds is 5. The number of hydrogen-bond donors (Lipinski definition) is 2. The summed E-state index contributed by atoms with van der Waals surface area (Å²) in [6.07, 6.45) is 1.96. The van der Waals surface area contributed by atoms with Crippen molar-refractivity contribution in [2.45, 2.75) is 26.2 Å². The molecule has 0 fully saturated rings. The molecule has 1 rings (SSSR count). The Morgan fingerprint density at radius 3 is 2.71 bits per heavy atom. The number of nitrogens with two attached hydrogens (primary N) is 1. The van der Waals surface area contributed by atoms with Crippen molar-refractivity contribution in [2.75, 3.05) is 12.3 Å². The highest BCUT2D eigenvalue weighted by Gasteiger charge is 2.00. The third-order valence-corrected chi connectivity index (χ3v) is 2.37. The molecule has 1 aromatic carbocycles. The summed E-state index contributed by atoms with van der Waals surface area (Å²) < 4.78 is 0. The molecule has 0 heterocycles. The fraction of sp³-hybridized carbons (Fsp3) is 0.357. The summed E-state index contributed by atoms with van der Waals surface area (Å²) in [6.45, 7) is 2.42. The van der Waals surface area contributed by atoms with Gasteiger partial charge in [0.2, 0.25) is 5.91 Å². The number of benzene rings is 1. The molecule has 1 aromatic rings. The zero-order valence-corrected chi connectivity index (χ0v) is 10.1. The molecule has 17 heavy (non-hydrogen) atoms. The zero-order valence-electron chi connectivity index (χ0n) is 10.1. The molecule has 0 aliphatic heterocycles. The quantitative estimate of drug-likeness (QED) is 0.460. The molecule has 0 bridgehead atoms. The zero-order chi connectivity index (χ0) is 12.5. The van der Waals surface area contributed by atoms with Gasteiger partial charge in [-0.15, -0.1) is 11.8 Å². The summed E-state index contributed by atoms with van der Waals surface area (Å²) in [5.74, 6) is 5.77. The van der Waals surface area contributed by atoms with Crippen LogP contribution in [0.3, 0.4) is 0 Å². The molecule has 3 nitrogen and oxygen atoms in total. The minimum atomic E-state index is 0.0692. The average Bonchev–Trinajstić information content (AvgIpc) is 2.34. The maximum atomic E-state index is 11.5. The SMILES string of the molecule is CC#CCCNC(=O)CCc1ccc(N)cc1. The van der Waals surface area contributed by atoms with Gasteiger partial charge in [-0.05, 0) is 31.0 Å². The Morgan fingerprint density at radius 2 is 2.06 bits per heavy atom. The molecule has 0 unspecified atom stereocenters. The summed E-state index contributed by atoms with van der Waals surface area (Å²) in [7, 11) is 0. The summed E-state index contributed by atoms with van der Waals surface area (Å²) in [4.78, 5) is 11.5. The first-order valence-electron chi connectivity index (χ1n) is 5.73. The first-order chi connectivity index (χ1) is 8.22. The van der Waals surface area contributed by atoms with Crippen LogP contribution in [0.2, 0.25) is 0 Å². The van der Waals surface area contributed by atoms with Crippen LogP contribution in [0.4, 0.5) is 5.69 Å². The van der Waals surface area contributed by atoms with Crippen molar-refractivity contribution in [1.29, 1.82) is 0 Å². The molecular formula is C14H18N2O. The van der Waals surface area contributed by atoms with Gasteiger partial charge in [-0.3, -0.25) is 4.79 Å². The number of nitrogens with one attached hydrogen (secondary N) is 1. The minimum Gasteiger partial charge on any atom is -0.399 e. The molecular weight excluding hydrogens is 212 g/mol. The molecule has 0 radical (unpaired) electrons. The van der Waals surface area contributed by atoms with Gasteiger partial charge in [-0.1, -0.05) is 12.1 Å². The molecule has 0 spiro atoms. The van der Waals surface area contributed by atoms with E-state index in [1.165, 1.54) is 0 Å². The molecule has 0 atom stereocenters. The molecule has 1 amide bonds. The molecule has 3 N–H and O–H groups in total. The first kappa shape index (κ1) is 13.1. The lowest BCUT2D eigenvalue weighted by Gasteiger charge is -2.03. The van der Waals surface area contributed by atoms with Crippen LogP contribution in [0.5, 0.6) is 0 Å². The van der Waals surface area contributed by atoms with Crippen molar-refractivity contribution in [1.82, 2.24) is 5.32 Å². The maximum absolute atomic E-state index is 11.5. The molecule has 3 heteroatoms. The van der Waals surface area contributed by atoms with Gasteiger partial charge in [-0.25, -0.2) is 0 Å². The van der Waals surface area contributed by atoms with Crippen LogP contribution in [0.25, 0.3) is 0 Å². The maximum Gasteiger partial charge on any atom is 0.220 e. The summed E-state index contributed by atoms with van der Waals surface area (Å²) in [5.41, 5.74) is 7.46. The Balaban J connectivity index is 2.23. The molecule has 0 aromatic heterocycles. The molecule has 0 saturated heterocycles. The van der Waals surface area contributed by atoms with Crippen LogP contribution in [0.15, 0.2) is 24.3 Å². The lowest BCUT2D eigenvalue weighted by atomic mass is 10.1. The van der Waals surface area contributed by atoms with Crippen molar-refractivity contribution in [3.05, 3.63) is 29.8 Å². The van der Waals surface area contributed by atoms with E-state index in [4.69, 9.17) is 5.73 Å². The Morgan fingerprint density at radius 1 is 1.35 bits per heavy atom. The number of nitrogen functional groups attached to an aromatic ring is 1. The van der Waals surface area contributed by atoms with Gasteiger partial charge in [0, 0.05) is 25.1 Å². The number of carbonyl (C=O) groups is 1. The molecule has 0 aliphatic rings. The van der Waals surface area contributed by atoms with E-state index in [0.29, 0.717) is 19.4 Å². The summed E-state index contributed by atoms with van der Waals surface area (Å²) in [6, 6.07) is 7.60. The molecule has 90 valence electrons. The van der Waals surface area contributed by atoms with Crippen molar-refractivity contribution in [3.63, 3.8) is 0 Å². The third-order valence-electron chi connectivity index (χ3n) is 2.37. The van der Waals surface area contributed by atoms with E-state index in [1.54, 1.807) is 6.92 Å². The van der Waals surface area contributed by atoms with Gasteiger partial charge in [0.1, 0.15) is 0 Å². The molecule has 0 saturated carbocycles. The first-order valence-corrected chi connectivity index (χ1v) is 5.73. The second kappa shape index (κ2) is 7.34. The van der Waals surface area contributed by atoms with E-state index < -0.39 is 0 Å². The van der Waals surface area contributed by atoms with Gasteiger partial charge in [0.05, 0.1) is 0 Å². The van der Waals surface area contributed by atoms with Crippen molar-refractivity contribution >= 4 is 11.6 Å². The number of anilines is 1. The van der Waals surface area contributed by atoms with Gasteiger partial charge in [-0.2, -0.15) is 0 Å². The molecule has 0 aliphatic carbocycles. The minimum absolute atomic E-state index is 0.0692. The van der Waals surface area contributed by atoms with Crippen LogP contribution >= 0.6 is 0 Å². The fourth-order valence-corrected chi connectivity index (χ4v) is 1.42. The van der Waals surface area contributed by atoms with Gasteiger partial charge < -0.3 is 11.1 Å². The summed E-state index contributed by atoms with van der Waals surface area (Å²) in [5, 5.41) is 2.83. The number of carbonyl (C=O) groups excluding carboxylic acids is 1. The standard InChI is InChI=1S/C14H18N2O/c1-2-3-4-11-16-14(17)10-7-12-5-8-13(15)9-6-12/h5-6,8-9H,4,7,10-11,15H2,1H3,(H,16,17). The van der Waals surface area contributed by atoms with Gasteiger partial charge >= 0.3 is 0 Å². The number of hydrogen-bond acceptors (Lipinski definition) is 2. The van der Waals surface area contributed by atoms with Crippen molar-refractivity contribution in [2.24, 2.45) is 0 Å². The third kappa shape index (κ3) is 5.62. The Hall–Kier alpha value is -1.95. The highest BCUT2D eigenvalue weighted by Crippen LogP contribution is 2.07. The van der Waals surface area contributed by atoms with E-state index in [2.05, 4.69) is 17.2 Å². The van der Waals surface area contributed by atoms with Crippen molar-refractivity contribution in [3.8, 4) is 11.8 Å². The second-order valence-corrected chi connectivity index (χ2v) is 3.77. The smallest absolute Gasteiger partial charge is 0.220 e. The summed E-state index contributed by atoms with van der Waals surface area (Å²) >= 11 is 0. The van der Waals surface area contributed by atoms with Crippen LogP contribution in [-0.4, -0.2) is 12.5 Å². The highest BCUT2D eigenvalue weighted by molar-refractivity contribution is 5.76. The predicted octanol–water partition coefficient (Wildman–Crippen LogP) is 1.73. The van der Waals surface area contributed by atoms with Gasteiger partial charge in [0.25, 0.3) is 0 Å². The van der Waals surface area contributed by atoms with E-state index in [0.717, 1.165) is 17.7 Å². The van der Waals surface area contributed by atoms with Gasteiger partial charge in [0.15, 0.2) is 0 Å². The van der Waals surface area contributed by atoms with Crippen LogP contribution in [-0.2, 0) is 11.2 Å². The van der Waals surface area contributed by atoms with Crippen LogP contribution < -0.4 is 11.1 Å². The fourth-order valence-electron chi connectivity index (χ4n) is 1.42. The van der Waals surface area contributed by atoms with E-state index in [9.17, 15) is 4.79 Å². The normalized spacial score (nSPS) is 9.24. The van der Waals surface area contributed by atoms with E-state index >= 15 is 0 Å². The van der Waals surface area contributed by atoms with Crippen LogP contribution in [0, 0.1) is 11.8 Å². The highest BCUT2D eigenvalue weighted by atomic mass is 16.1. The average molecular weight is 230 g/mol. The second-order valence-electron chi connectivity index (χ2n) is 3.77. The monoisotopic (exact) mass is 230 g/mol. The van der Waals surface area contributed by atoms with E-state index in [-0.39, 0.29) is 5.91 Å². The Bertz CT molecular complexity index is 412. The van der Waals surface area contributed by atoms with Crippen molar-refractivity contribution < 1.29 is 4.79 Å². The van der Waals surface area contributed by atoms with E-state index in [1.807, 2.05) is 24.3 Å². The Kier molecular flexibility index (Phi) is 5.67. The lowest BCUT2D eigenvalue weighted by molar-refractivity contribution is -0.121. The number of aryl methyl sites for hydroxylation is 1. The number of amides is 1. The Labute approximate surface area is 102 Å². The van der Waals surface area contributed by atoms with Crippen LogP contribution in [0.1, 0.15) is 25.3 Å². The topological polar surface area (TPSA) is 55.1 Å². The largest absolute Gasteiger partial charge is 0.399 e.